The smallest absolute Gasteiger partial charge is 0.0603 e. The molecule has 0 saturated heterocycles. The highest BCUT2D eigenvalue weighted by molar-refractivity contribution is 6.35. The molecule has 0 bridgehead atoms. The van der Waals surface area contributed by atoms with Crippen LogP contribution in [-0.4, -0.2) is 11.2 Å². The molecule has 0 aliphatic carbocycles. The average Bonchev–Trinajstić information content (AvgIpc) is 2.09. The van der Waals surface area contributed by atoms with Crippen LogP contribution in [0.3, 0.4) is 0 Å². The first-order chi connectivity index (χ1) is 6.50. The third kappa shape index (κ3) is 3.16. The second-order valence-electron chi connectivity index (χ2n) is 3.75. The minimum absolute atomic E-state index is 0.238. The van der Waals surface area contributed by atoms with Crippen molar-refractivity contribution in [1.29, 1.82) is 0 Å². The minimum atomic E-state index is -0.353. The van der Waals surface area contributed by atoms with Gasteiger partial charge in [-0.2, -0.15) is 0 Å². The monoisotopic (exact) mass is 232 g/mol. The van der Waals surface area contributed by atoms with E-state index in [9.17, 15) is 5.11 Å². The van der Waals surface area contributed by atoms with Gasteiger partial charge in [-0.1, -0.05) is 43.1 Å². The molecule has 0 fully saturated rings. The SMILES string of the molecule is CC(C)C(O)Cc1ccc(Cl)cc1Cl. The summed E-state index contributed by atoms with van der Waals surface area (Å²) in [6.45, 7) is 3.96. The van der Waals surface area contributed by atoms with Gasteiger partial charge in [0.1, 0.15) is 0 Å². The third-order valence-corrected chi connectivity index (χ3v) is 2.80. The van der Waals surface area contributed by atoms with Crippen molar-refractivity contribution in [2.45, 2.75) is 26.4 Å². The largest absolute Gasteiger partial charge is 0.393 e. The van der Waals surface area contributed by atoms with E-state index in [0.717, 1.165) is 5.56 Å². The van der Waals surface area contributed by atoms with E-state index in [1.165, 1.54) is 0 Å². The lowest BCUT2D eigenvalue weighted by atomic mass is 9.99. The number of aliphatic hydroxyl groups excluding tert-OH is 1. The Kier molecular flexibility index (Phi) is 4.24. The zero-order valence-electron chi connectivity index (χ0n) is 8.30. The minimum Gasteiger partial charge on any atom is -0.393 e. The summed E-state index contributed by atoms with van der Waals surface area (Å²) >= 11 is 11.8. The van der Waals surface area contributed by atoms with Gasteiger partial charge in [-0.05, 0) is 23.6 Å². The Balaban J connectivity index is 2.77. The van der Waals surface area contributed by atoms with Crippen LogP contribution >= 0.6 is 23.2 Å². The molecule has 1 atom stereocenters. The molecule has 0 radical (unpaired) electrons. The summed E-state index contributed by atoms with van der Waals surface area (Å²) in [6, 6.07) is 5.34. The molecule has 0 aromatic heterocycles. The number of benzene rings is 1. The van der Waals surface area contributed by atoms with E-state index in [0.29, 0.717) is 16.5 Å². The van der Waals surface area contributed by atoms with Gasteiger partial charge in [0.2, 0.25) is 0 Å². The first-order valence-electron chi connectivity index (χ1n) is 4.62. The third-order valence-electron chi connectivity index (χ3n) is 2.21. The van der Waals surface area contributed by atoms with Crippen molar-refractivity contribution < 1.29 is 5.11 Å². The summed E-state index contributed by atoms with van der Waals surface area (Å²) in [4.78, 5) is 0. The van der Waals surface area contributed by atoms with Crippen LogP contribution in [0.1, 0.15) is 19.4 Å². The van der Waals surface area contributed by atoms with Gasteiger partial charge in [-0.15, -0.1) is 0 Å². The average molecular weight is 233 g/mol. The molecule has 0 heterocycles. The molecule has 0 aliphatic rings. The van der Waals surface area contributed by atoms with E-state index in [4.69, 9.17) is 23.2 Å². The zero-order chi connectivity index (χ0) is 10.7. The summed E-state index contributed by atoms with van der Waals surface area (Å²) < 4.78 is 0. The van der Waals surface area contributed by atoms with Gasteiger partial charge in [-0.3, -0.25) is 0 Å². The summed E-state index contributed by atoms with van der Waals surface area (Å²) in [5.41, 5.74) is 0.942. The lowest BCUT2D eigenvalue weighted by molar-refractivity contribution is 0.126. The van der Waals surface area contributed by atoms with E-state index in [1.807, 2.05) is 19.9 Å². The molecule has 3 heteroatoms. The molecule has 1 N–H and O–H groups in total. The van der Waals surface area contributed by atoms with Gasteiger partial charge in [-0.25, -0.2) is 0 Å². The van der Waals surface area contributed by atoms with E-state index in [-0.39, 0.29) is 12.0 Å². The van der Waals surface area contributed by atoms with Crippen LogP contribution in [0.25, 0.3) is 0 Å². The van der Waals surface area contributed by atoms with Crippen LogP contribution in [0.15, 0.2) is 18.2 Å². The van der Waals surface area contributed by atoms with Crippen molar-refractivity contribution >= 4 is 23.2 Å². The molecule has 0 saturated carbocycles. The number of hydrogen-bond acceptors (Lipinski definition) is 1. The molecule has 0 aliphatic heterocycles. The maximum atomic E-state index is 9.68. The Morgan fingerprint density at radius 3 is 2.43 bits per heavy atom. The van der Waals surface area contributed by atoms with Crippen LogP contribution in [0.2, 0.25) is 10.0 Å². The topological polar surface area (TPSA) is 20.2 Å². The fourth-order valence-corrected chi connectivity index (χ4v) is 1.63. The Hall–Kier alpha value is -0.240. The highest BCUT2D eigenvalue weighted by Gasteiger charge is 2.12. The second kappa shape index (κ2) is 5.01. The number of rotatable bonds is 3. The molecule has 1 unspecified atom stereocenters. The molecule has 1 nitrogen and oxygen atoms in total. The Bertz CT molecular complexity index is 310. The summed E-state index contributed by atoms with van der Waals surface area (Å²) in [5.74, 6) is 0.238. The number of aliphatic hydroxyl groups is 1. The van der Waals surface area contributed by atoms with Gasteiger partial charge < -0.3 is 5.11 Å². The second-order valence-corrected chi connectivity index (χ2v) is 4.59. The maximum absolute atomic E-state index is 9.68. The zero-order valence-corrected chi connectivity index (χ0v) is 9.81. The lowest BCUT2D eigenvalue weighted by Gasteiger charge is -2.15. The van der Waals surface area contributed by atoms with Gasteiger partial charge in [0.05, 0.1) is 6.10 Å². The first kappa shape index (κ1) is 11.8. The molecule has 1 aromatic rings. The van der Waals surface area contributed by atoms with Gasteiger partial charge in [0.15, 0.2) is 0 Å². The highest BCUT2D eigenvalue weighted by Crippen LogP contribution is 2.23. The van der Waals surface area contributed by atoms with E-state index in [2.05, 4.69) is 0 Å². The van der Waals surface area contributed by atoms with Crippen LogP contribution in [0, 0.1) is 5.92 Å². The fraction of sp³-hybridized carbons (Fsp3) is 0.455. The van der Waals surface area contributed by atoms with Crippen molar-refractivity contribution in [3.8, 4) is 0 Å². The molecule has 0 amide bonds. The predicted octanol–water partition coefficient (Wildman–Crippen LogP) is 3.55. The van der Waals surface area contributed by atoms with Gasteiger partial charge in [0.25, 0.3) is 0 Å². The van der Waals surface area contributed by atoms with Crippen LogP contribution < -0.4 is 0 Å². The van der Waals surface area contributed by atoms with E-state index < -0.39 is 0 Å². The Morgan fingerprint density at radius 1 is 1.29 bits per heavy atom. The normalized spacial score (nSPS) is 13.3. The Labute approximate surface area is 94.7 Å². The van der Waals surface area contributed by atoms with Crippen LogP contribution in [0.4, 0.5) is 0 Å². The Morgan fingerprint density at radius 2 is 1.93 bits per heavy atom. The van der Waals surface area contributed by atoms with Crippen molar-refractivity contribution in [1.82, 2.24) is 0 Å². The van der Waals surface area contributed by atoms with Crippen molar-refractivity contribution in [3.05, 3.63) is 33.8 Å². The summed E-state index contributed by atoms with van der Waals surface area (Å²) in [6.07, 6.45) is 0.224. The lowest BCUT2D eigenvalue weighted by Crippen LogP contribution is -2.17. The molecular weight excluding hydrogens is 219 g/mol. The first-order valence-corrected chi connectivity index (χ1v) is 5.38. The number of halogens is 2. The fourth-order valence-electron chi connectivity index (χ4n) is 1.15. The van der Waals surface area contributed by atoms with Crippen molar-refractivity contribution in [2.24, 2.45) is 5.92 Å². The maximum Gasteiger partial charge on any atom is 0.0603 e. The summed E-state index contributed by atoms with van der Waals surface area (Å²) in [7, 11) is 0. The van der Waals surface area contributed by atoms with E-state index >= 15 is 0 Å². The van der Waals surface area contributed by atoms with Crippen LogP contribution in [0.5, 0.6) is 0 Å². The quantitative estimate of drug-likeness (QED) is 0.846. The van der Waals surface area contributed by atoms with Crippen molar-refractivity contribution in [2.75, 3.05) is 0 Å². The summed E-state index contributed by atoms with van der Waals surface area (Å²) in [5, 5.41) is 10.9. The molecule has 1 rings (SSSR count). The molecular formula is C11H14Cl2O. The van der Waals surface area contributed by atoms with Gasteiger partial charge >= 0.3 is 0 Å². The van der Waals surface area contributed by atoms with Crippen molar-refractivity contribution in [3.63, 3.8) is 0 Å². The highest BCUT2D eigenvalue weighted by atomic mass is 35.5. The van der Waals surface area contributed by atoms with Crippen LogP contribution in [-0.2, 0) is 6.42 Å². The molecule has 1 aromatic carbocycles. The molecule has 78 valence electrons. The van der Waals surface area contributed by atoms with E-state index in [1.54, 1.807) is 12.1 Å². The standard InChI is InChI=1S/C11H14Cl2O/c1-7(2)11(14)5-8-3-4-9(12)6-10(8)13/h3-4,6-7,11,14H,5H2,1-2H3. The molecule has 0 spiro atoms. The molecule has 14 heavy (non-hydrogen) atoms. The van der Waals surface area contributed by atoms with Gasteiger partial charge in [0, 0.05) is 16.5 Å². The predicted molar refractivity (Wildman–Crippen MR) is 61.0 cm³/mol. The number of hydrogen-bond donors (Lipinski definition) is 1.